The van der Waals surface area contributed by atoms with Gasteiger partial charge in [0.05, 0.1) is 12.8 Å². The lowest BCUT2D eigenvalue weighted by molar-refractivity contribution is 0.0526. The molecule has 3 nitrogen and oxygen atoms in total. The van der Waals surface area contributed by atoms with Crippen LogP contribution in [0.25, 0.3) is 0 Å². The van der Waals surface area contributed by atoms with Crippen LogP contribution in [0.5, 0.6) is 0 Å². The molecule has 18 heavy (non-hydrogen) atoms. The van der Waals surface area contributed by atoms with Crippen LogP contribution in [0.3, 0.4) is 0 Å². The second-order valence-corrected chi connectivity index (χ2v) is 5.63. The summed E-state index contributed by atoms with van der Waals surface area (Å²) >= 11 is 0. The molecule has 1 aromatic heterocycles. The topological polar surface area (TPSA) is 33.5 Å². The van der Waals surface area contributed by atoms with Crippen molar-refractivity contribution < 1.29 is 9.21 Å². The lowest BCUT2D eigenvalue weighted by Crippen LogP contribution is -2.48. The van der Waals surface area contributed by atoms with E-state index >= 15 is 0 Å². The molecule has 0 bridgehead atoms. The summed E-state index contributed by atoms with van der Waals surface area (Å²) < 4.78 is 5.20. The van der Waals surface area contributed by atoms with Crippen molar-refractivity contribution in [3.05, 3.63) is 24.2 Å². The first kappa shape index (κ1) is 12.0. The van der Waals surface area contributed by atoms with E-state index in [9.17, 15) is 4.79 Å². The predicted molar refractivity (Wildman–Crippen MR) is 69.6 cm³/mol. The molecule has 2 aliphatic rings. The number of hydrogen-bond donors (Lipinski definition) is 0. The molecular formula is C15H21NO2. The van der Waals surface area contributed by atoms with Crippen LogP contribution in [0.15, 0.2) is 22.8 Å². The largest absolute Gasteiger partial charge is 0.461 e. The Morgan fingerprint density at radius 3 is 2.94 bits per heavy atom. The van der Waals surface area contributed by atoms with Crippen LogP contribution < -0.4 is 0 Å². The molecule has 1 aliphatic heterocycles. The number of rotatable bonds is 3. The Labute approximate surface area is 108 Å². The summed E-state index contributed by atoms with van der Waals surface area (Å²) in [5.74, 6) is 1.47. The van der Waals surface area contributed by atoms with Crippen molar-refractivity contribution in [1.82, 2.24) is 4.90 Å². The van der Waals surface area contributed by atoms with Gasteiger partial charge < -0.3 is 4.42 Å². The van der Waals surface area contributed by atoms with Crippen molar-refractivity contribution >= 4 is 5.78 Å². The van der Waals surface area contributed by atoms with Gasteiger partial charge in [-0.05, 0) is 50.3 Å². The van der Waals surface area contributed by atoms with Crippen molar-refractivity contribution in [2.45, 2.75) is 44.6 Å². The molecule has 1 aromatic rings. The van der Waals surface area contributed by atoms with Gasteiger partial charge in [0.2, 0.25) is 5.78 Å². The van der Waals surface area contributed by atoms with Crippen molar-refractivity contribution in [2.24, 2.45) is 5.92 Å². The highest BCUT2D eigenvalue weighted by atomic mass is 16.3. The molecule has 1 saturated heterocycles. The summed E-state index contributed by atoms with van der Waals surface area (Å²) in [6.07, 6.45) is 9.51. The summed E-state index contributed by atoms with van der Waals surface area (Å²) in [7, 11) is 0. The van der Waals surface area contributed by atoms with E-state index in [1.165, 1.54) is 38.5 Å². The maximum atomic E-state index is 12.1. The summed E-state index contributed by atoms with van der Waals surface area (Å²) in [5, 5.41) is 0. The molecule has 0 radical (unpaired) electrons. The van der Waals surface area contributed by atoms with E-state index in [0.29, 0.717) is 18.3 Å². The molecule has 2 heterocycles. The smallest absolute Gasteiger partial charge is 0.211 e. The zero-order valence-electron chi connectivity index (χ0n) is 10.8. The third-order valence-electron chi connectivity index (χ3n) is 4.50. The Bertz CT molecular complexity index is 397. The maximum absolute atomic E-state index is 12.1. The highest BCUT2D eigenvalue weighted by molar-refractivity contribution is 5.95. The summed E-state index contributed by atoms with van der Waals surface area (Å²) in [5.41, 5.74) is 0. The van der Waals surface area contributed by atoms with Gasteiger partial charge in [0, 0.05) is 6.04 Å². The van der Waals surface area contributed by atoms with Gasteiger partial charge in [-0.3, -0.25) is 9.69 Å². The predicted octanol–water partition coefficient (Wildman–Crippen LogP) is 3.12. The fourth-order valence-corrected chi connectivity index (χ4v) is 3.62. The van der Waals surface area contributed by atoms with Crippen LogP contribution in [-0.4, -0.2) is 29.8 Å². The zero-order valence-corrected chi connectivity index (χ0v) is 10.8. The van der Waals surface area contributed by atoms with E-state index in [4.69, 9.17) is 4.42 Å². The molecule has 1 saturated carbocycles. The molecule has 3 heteroatoms. The Morgan fingerprint density at radius 2 is 2.11 bits per heavy atom. The van der Waals surface area contributed by atoms with Crippen LogP contribution >= 0.6 is 0 Å². The van der Waals surface area contributed by atoms with Gasteiger partial charge in [-0.25, -0.2) is 0 Å². The van der Waals surface area contributed by atoms with Gasteiger partial charge in [0.25, 0.3) is 0 Å². The molecule has 0 aromatic carbocycles. The van der Waals surface area contributed by atoms with Crippen LogP contribution in [-0.2, 0) is 0 Å². The van der Waals surface area contributed by atoms with Crippen LogP contribution in [0.4, 0.5) is 0 Å². The average Bonchev–Trinajstić information content (AvgIpc) is 2.93. The van der Waals surface area contributed by atoms with Crippen LogP contribution in [0, 0.1) is 5.92 Å². The minimum absolute atomic E-state index is 0.131. The van der Waals surface area contributed by atoms with Crippen molar-refractivity contribution in [2.75, 3.05) is 13.1 Å². The number of likely N-dealkylation sites (tertiary alicyclic amines) is 1. The number of furan rings is 1. The van der Waals surface area contributed by atoms with E-state index in [-0.39, 0.29) is 5.78 Å². The summed E-state index contributed by atoms with van der Waals surface area (Å²) in [6, 6.07) is 4.20. The van der Waals surface area contributed by atoms with E-state index in [2.05, 4.69) is 4.90 Å². The van der Waals surface area contributed by atoms with Crippen LogP contribution in [0.2, 0.25) is 0 Å². The fourth-order valence-electron chi connectivity index (χ4n) is 3.62. The van der Waals surface area contributed by atoms with Gasteiger partial charge >= 0.3 is 0 Å². The zero-order chi connectivity index (χ0) is 12.4. The number of nitrogens with zero attached hydrogens (tertiary/aromatic N) is 1. The Morgan fingerprint density at radius 1 is 1.28 bits per heavy atom. The van der Waals surface area contributed by atoms with Gasteiger partial charge in [0.15, 0.2) is 5.76 Å². The van der Waals surface area contributed by atoms with Crippen molar-refractivity contribution in [3.63, 3.8) is 0 Å². The Hall–Kier alpha value is -1.09. The Balaban J connectivity index is 1.66. The molecule has 0 amide bonds. The standard InChI is InChI=1S/C15H21NO2/c17-14(15-8-4-10-18-15)11-16-9-3-6-12-5-1-2-7-13(12)16/h4,8,10,12-13H,1-3,5-7,9,11H2/t12-,13-/m1/s1. The quantitative estimate of drug-likeness (QED) is 0.769. The maximum Gasteiger partial charge on any atom is 0.211 e. The van der Waals surface area contributed by atoms with E-state index in [0.717, 1.165) is 12.5 Å². The first-order valence-electron chi connectivity index (χ1n) is 7.15. The molecule has 2 fully saturated rings. The SMILES string of the molecule is O=C(CN1CCC[C@H]2CCCC[C@H]21)c1ccco1. The molecule has 0 N–H and O–H groups in total. The van der Waals surface area contributed by atoms with E-state index in [1.807, 2.05) is 0 Å². The van der Waals surface area contributed by atoms with Crippen molar-refractivity contribution in [1.29, 1.82) is 0 Å². The fraction of sp³-hybridized carbons (Fsp3) is 0.667. The second kappa shape index (κ2) is 5.27. The van der Waals surface area contributed by atoms with Crippen LogP contribution in [0.1, 0.15) is 49.1 Å². The normalized spacial score (nSPS) is 28.9. The summed E-state index contributed by atoms with van der Waals surface area (Å²) in [4.78, 5) is 14.5. The number of Topliss-reactive ketones (excluding diaryl/α,β-unsaturated/α-hetero) is 1. The monoisotopic (exact) mass is 247 g/mol. The molecule has 3 rings (SSSR count). The summed E-state index contributed by atoms with van der Waals surface area (Å²) in [6.45, 7) is 1.61. The van der Waals surface area contributed by atoms with Gasteiger partial charge in [0.1, 0.15) is 0 Å². The first-order chi connectivity index (χ1) is 8.84. The van der Waals surface area contributed by atoms with Gasteiger partial charge in [-0.1, -0.05) is 12.8 Å². The van der Waals surface area contributed by atoms with Gasteiger partial charge in [-0.15, -0.1) is 0 Å². The lowest BCUT2D eigenvalue weighted by atomic mass is 9.78. The number of ketones is 1. The molecule has 2 atom stereocenters. The molecule has 98 valence electrons. The third kappa shape index (κ3) is 2.37. The lowest BCUT2D eigenvalue weighted by Gasteiger charge is -2.43. The second-order valence-electron chi connectivity index (χ2n) is 5.63. The minimum Gasteiger partial charge on any atom is -0.461 e. The average molecular weight is 247 g/mol. The number of fused-ring (bicyclic) bond motifs is 1. The highest BCUT2D eigenvalue weighted by Gasteiger charge is 2.34. The van der Waals surface area contributed by atoms with E-state index in [1.54, 1.807) is 18.4 Å². The van der Waals surface area contributed by atoms with Crippen molar-refractivity contribution in [3.8, 4) is 0 Å². The highest BCUT2D eigenvalue weighted by Crippen LogP contribution is 2.35. The molecule has 0 unspecified atom stereocenters. The number of piperidine rings is 1. The number of hydrogen-bond acceptors (Lipinski definition) is 3. The third-order valence-corrected chi connectivity index (χ3v) is 4.50. The Kier molecular flexibility index (Phi) is 3.50. The van der Waals surface area contributed by atoms with E-state index < -0.39 is 0 Å². The molecular weight excluding hydrogens is 226 g/mol. The molecule has 0 spiro atoms. The minimum atomic E-state index is 0.131. The van der Waals surface area contributed by atoms with Gasteiger partial charge in [-0.2, -0.15) is 0 Å². The molecule has 1 aliphatic carbocycles. The first-order valence-corrected chi connectivity index (χ1v) is 7.15. The number of carbonyl (C=O) groups is 1. The number of carbonyl (C=O) groups excluding carboxylic acids is 1.